The Labute approximate surface area is 94.9 Å². The summed E-state index contributed by atoms with van der Waals surface area (Å²) in [5.41, 5.74) is 0. The summed E-state index contributed by atoms with van der Waals surface area (Å²) in [6.45, 7) is 8.21. The van der Waals surface area contributed by atoms with E-state index >= 15 is 0 Å². The summed E-state index contributed by atoms with van der Waals surface area (Å²) in [6.07, 6.45) is 1.56. The summed E-state index contributed by atoms with van der Waals surface area (Å²) in [5, 5.41) is 10.6. The highest BCUT2D eigenvalue weighted by molar-refractivity contribution is 6.28. The highest BCUT2D eigenvalue weighted by Crippen LogP contribution is 2.02. The normalized spacial score (nSPS) is 10.7. The van der Waals surface area contributed by atoms with Crippen LogP contribution in [-0.4, -0.2) is 46.3 Å². The van der Waals surface area contributed by atoms with Crippen LogP contribution in [0, 0.1) is 0 Å². The lowest BCUT2D eigenvalue weighted by atomic mass is 10.4. The smallest absolute Gasteiger partial charge is 0.244 e. The molecule has 1 heterocycles. The molecule has 0 aliphatic heterocycles. The zero-order valence-electron chi connectivity index (χ0n) is 9.07. The molecule has 0 amide bonds. The van der Waals surface area contributed by atoms with Crippen LogP contribution in [0.4, 0.5) is 5.82 Å². The van der Waals surface area contributed by atoms with E-state index in [2.05, 4.69) is 39.2 Å². The van der Waals surface area contributed by atoms with Crippen molar-refractivity contribution in [1.29, 1.82) is 0 Å². The maximum absolute atomic E-state index is 5.61. The van der Waals surface area contributed by atoms with Gasteiger partial charge in [0.05, 0.1) is 6.20 Å². The molecule has 0 saturated heterocycles. The molecule has 84 valence electrons. The van der Waals surface area contributed by atoms with Gasteiger partial charge in [0.25, 0.3) is 0 Å². The maximum Gasteiger partial charge on any atom is 0.244 e. The number of halogens is 1. The van der Waals surface area contributed by atoms with E-state index in [1.807, 2.05) is 0 Å². The number of nitrogens with zero attached hydrogens (tertiary/aromatic N) is 4. The predicted molar refractivity (Wildman–Crippen MR) is 61.1 cm³/mol. The van der Waals surface area contributed by atoms with E-state index in [-0.39, 0.29) is 5.28 Å². The summed E-state index contributed by atoms with van der Waals surface area (Å²) in [4.78, 5) is 6.31. The molecule has 0 saturated carbocycles. The Morgan fingerprint density at radius 3 is 2.73 bits per heavy atom. The van der Waals surface area contributed by atoms with Gasteiger partial charge in [0.1, 0.15) is 5.82 Å². The van der Waals surface area contributed by atoms with E-state index in [9.17, 15) is 0 Å². The van der Waals surface area contributed by atoms with Gasteiger partial charge in [-0.25, -0.2) is 0 Å². The van der Waals surface area contributed by atoms with Gasteiger partial charge in [0, 0.05) is 13.1 Å². The molecule has 0 aliphatic carbocycles. The van der Waals surface area contributed by atoms with Crippen LogP contribution in [0.25, 0.3) is 0 Å². The Bertz CT molecular complexity index is 290. The third kappa shape index (κ3) is 4.40. The number of anilines is 1. The molecule has 0 bridgehead atoms. The van der Waals surface area contributed by atoms with Crippen molar-refractivity contribution in [1.82, 2.24) is 20.1 Å². The van der Waals surface area contributed by atoms with Crippen LogP contribution in [0.5, 0.6) is 0 Å². The van der Waals surface area contributed by atoms with Gasteiger partial charge in [0.2, 0.25) is 5.28 Å². The molecular weight excluding hydrogens is 214 g/mol. The van der Waals surface area contributed by atoms with Crippen molar-refractivity contribution in [2.45, 2.75) is 13.8 Å². The van der Waals surface area contributed by atoms with Crippen molar-refractivity contribution in [3.63, 3.8) is 0 Å². The molecule has 1 N–H and O–H groups in total. The van der Waals surface area contributed by atoms with Crippen molar-refractivity contribution in [3.05, 3.63) is 11.5 Å². The molecule has 0 aliphatic rings. The number of rotatable bonds is 6. The summed E-state index contributed by atoms with van der Waals surface area (Å²) in [7, 11) is 0. The van der Waals surface area contributed by atoms with Gasteiger partial charge in [-0.1, -0.05) is 13.8 Å². The largest absolute Gasteiger partial charge is 0.367 e. The topological polar surface area (TPSA) is 53.9 Å². The second-order valence-electron chi connectivity index (χ2n) is 3.06. The summed E-state index contributed by atoms with van der Waals surface area (Å²) in [5.74, 6) is 0.669. The van der Waals surface area contributed by atoms with Crippen LogP contribution in [0.1, 0.15) is 13.8 Å². The first-order valence-electron chi connectivity index (χ1n) is 5.07. The van der Waals surface area contributed by atoms with Crippen LogP contribution in [0.2, 0.25) is 5.28 Å². The Kier molecular flexibility index (Phi) is 5.28. The van der Waals surface area contributed by atoms with Crippen molar-refractivity contribution in [3.8, 4) is 0 Å². The quantitative estimate of drug-likeness (QED) is 0.797. The van der Waals surface area contributed by atoms with E-state index in [0.29, 0.717) is 5.82 Å². The fourth-order valence-corrected chi connectivity index (χ4v) is 1.38. The first-order valence-corrected chi connectivity index (χ1v) is 5.45. The van der Waals surface area contributed by atoms with Crippen molar-refractivity contribution in [2.24, 2.45) is 0 Å². The fourth-order valence-electron chi connectivity index (χ4n) is 1.25. The van der Waals surface area contributed by atoms with Gasteiger partial charge in [-0.3, -0.25) is 0 Å². The number of aromatic nitrogens is 3. The van der Waals surface area contributed by atoms with Gasteiger partial charge in [0.15, 0.2) is 0 Å². The van der Waals surface area contributed by atoms with Gasteiger partial charge in [-0.15, -0.1) is 5.10 Å². The average molecular weight is 230 g/mol. The molecule has 6 heteroatoms. The second kappa shape index (κ2) is 6.53. The first-order chi connectivity index (χ1) is 7.26. The number of nitrogens with one attached hydrogen (secondary N) is 1. The van der Waals surface area contributed by atoms with Crippen molar-refractivity contribution in [2.75, 3.05) is 31.5 Å². The molecule has 0 spiro atoms. The summed E-state index contributed by atoms with van der Waals surface area (Å²) in [6, 6.07) is 0. The zero-order chi connectivity index (χ0) is 11.1. The van der Waals surface area contributed by atoms with Crippen LogP contribution in [0.15, 0.2) is 6.20 Å². The molecule has 0 radical (unpaired) electrons. The molecule has 0 fully saturated rings. The van der Waals surface area contributed by atoms with Gasteiger partial charge in [-0.2, -0.15) is 10.1 Å². The molecule has 0 aromatic carbocycles. The molecule has 5 nitrogen and oxygen atoms in total. The standard InChI is InChI=1S/C9H16ClN5/c1-3-15(4-2)6-5-11-8-7-12-14-9(10)13-8/h7H,3-6H2,1-2H3,(H,11,13,14). The molecule has 1 aromatic rings. The van der Waals surface area contributed by atoms with Crippen LogP contribution in [0.3, 0.4) is 0 Å². The minimum atomic E-state index is 0.169. The summed E-state index contributed by atoms with van der Waals surface area (Å²) >= 11 is 5.61. The lowest BCUT2D eigenvalue weighted by Crippen LogP contribution is -2.28. The molecule has 0 atom stereocenters. The Morgan fingerprint density at radius 2 is 2.13 bits per heavy atom. The first kappa shape index (κ1) is 12.1. The minimum absolute atomic E-state index is 0.169. The van der Waals surface area contributed by atoms with E-state index < -0.39 is 0 Å². The minimum Gasteiger partial charge on any atom is -0.367 e. The van der Waals surface area contributed by atoms with Crippen LogP contribution >= 0.6 is 11.6 Å². The summed E-state index contributed by atoms with van der Waals surface area (Å²) < 4.78 is 0. The highest BCUT2D eigenvalue weighted by Gasteiger charge is 2.00. The van der Waals surface area contributed by atoms with E-state index in [4.69, 9.17) is 11.6 Å². The van der Waals surface area contributed by atoms with Crippen LogP contribution in [-0.2, 0) is 0 Å². The monoisotopic (exact) mass is 229 g/mol. The Morgan fingerprint density at radius 1 is 1.40 bits per heavy atom. The molecule has 1 aromatic heterocycles. The van der Waals surface area contributed by atoms with E-state index in [1.165, 1.54) is 0 Å². The molecular formula is C9H16ClN5. The molecule has 1 rings (SSSR count). The maximum atomic E-state index is 5.61. The lowest BCUT2D eigenvalue weighted by molar-refractivity contribution is 0.316. The van der Waals surface area contributed by atoms with Gasteiger partial charge < -0.3 is 10.2 Å². The Balaban J connectivity index is 2.31. The third-order valence-electron chi connectivity index (χ3n) is 2.16. The number of hydrogen-bond acceptors (Lipinski definition) is 5. The SMILES string of the molecule is CCN(CC)CCNc1cnnc(Cl)n1. The Hall–Kier alpha value is -0.940. The average Bonchev–Trinajstić information content (AvgIpc) is 2.25. The van der Waals surface area contributed by atoms with Crippen molar-refractivity contribution >= 4 is 17.4 Å². The molecule has 15 heavy (non-hydrogen) atoms. The third-order valence-corrected chi connectivity index (χ3v) is 2.32. The number of hydrogen-bond donors (Lipinski definition) is 1. The van der Waals surface area contributed by atoms with Gasteiger partial charge in [-0.05, 0) is 24.7 Å². The van der Waals surface area contributed by atoms with Crippen LogP contribution < -0.4 is 5.32 Å². The van der Waals surface area contributed by atoms with Gasteiger partial charge >= 0.3 is 0 Å². The predicted octanol–water partition coefficient (Wildman–Crippen LogP) is 1.28. The molecule has 0 unspecified atom stereocenters. The highest BCUT2D eigenvalue weighted by atomic mass is 35.5. The second-order valence-corrected chi connectivity index (χ2v) is 3.40. The number of likely N-dealkylation sites (N-methyl/N-ethyl adjacent to an activating group) is 1. The van der Waals surface area contributed by atoms with E-state index in [0.717, 1.165) is 26.2 Å². The van der Waals surface area contributed by atoms with Crippen molar-refractivity contribution < 1.29 is 0 Å². The lowest BCUT2D eigenvalue weighted by Gasteiger charge is -2.17. The van der Waals surface area contributed by atoms with E-state index in [1.54, 1.807) is 6.20 Å². The zero-order valence-corrected chi connectivity index (χ0v) is 9.83. The fraction of sp³-hybridized carbons (Fsp3) is 0.667.